The van der Waals surface area contributed by atoms with E-state index in [1.54, 1.807) is 0 Å². The molecule has 0 spiro atoms. The summed E-state index contributed by atoms with van der Waals surface area (Å²) in [4.78, 5) is 0. The Morgan fingerprint density at radius 2 is 1.64 bits per heavy atom. The van der Waals surface area contributed by atoms with Crippen molar-refractivity contribution < 1.29 is 26.7 Å². The summed E-state index contributed by atoms with van der Waals surface area (Å²) in [5, 5.41) is 0.117. The summed E-state index contributed by atoms with van der Waals surface area (Å²) in [5.41, 5.74) is -0.846. The van der Waals surface area contributed by atoms with Crippen LogP contribution in [0.3, 0.4) is 0 Å². The highest BCUT2D eigenvalue weighted by Crippen LogP contribution is 2.33. The summed E-state index contributed by atoms with van der Waals surface area (Å²) in [5.74, 6) is -1.41. The van der Waals surface area contributed by atoms with Gasteiger partial charge in [0, 0.05) is 10.9 Å². The molecule has 0 saturated heterocycles. The molecule has 0 bridgehead atoms. The lowest BCUT2D eigenvalue weighted by molar-refractivity contribution is -0.137. The fraction of sp³-hybridized carbons (Fsp3) is 0.200. The second-order valence-electron chi connectivity index (χ2n) is 4.44. The third-order valence-corrected chi connectivity index (χ3v) is 3.57. The highest BCUT2D eigenvalue weighted by molar-refractivity contribution is 9.08. The molecule has 7 heteroatoms. The molecule has 0 aliphatic heterocycles. The molecule has 2 aromatic carbocycles. The number of hydrogen-bond donors (Lipinski definition) is 0. The van der Waals surface area contributed by atoms with Gasteiger partial charge in [0.05, 0.1) is 11.1 Å². The van der Waals surface area contributed by atoms with Crippen molar-refractivity contribution in [1.82, 2.24) is 0 Å². The highest BCUT2D eigenvalue weighted by Gasteiger charge is 2.31. The van der Waals surface area contributed by atoms with Crippen molar-refractivity contribution in [2.75, 3.05) is 0 Å². The van der Waals surface area contributed by atoms with E-state index in [1.165, 1.54) is 6.07 Å². The van der Waals surface area contributed by atoms with Gasteiger partial charge in [-0.15, -0.1) is 0 Å². The maximum absolute atomic E-state index is 13.5. The van der Waals surface area contributed by atoms with Gasteiger partial charge in [-0.2, -0.15) is 13.2 Å². The van der Waals surface area contributed by atoms with E-state index in [2.05, 4.69) is 15.9 Å². The minimum Gasteiger partial charge on any atom is -0.488 e. The number of benzene rings is 2. The number of ether oxygens (including phenoxy) is 1. The summed E-state index contributed by atoms with van der Waals surface area (Å²) in [6, 6.07) is 6.31. The van der Waals surface area contributed by atoms with E-state index in [0.29, 0.717) is 0 Å². The van der Waals surface area contributed by atoms with Crippen molar-refractivity contribution in [2.45, 2.75) is 18.1 Å². The van der Waals surface area contributed by atoms with Gasteiger partial charge in [-0.1, -0.05) is 22.0 Å². The molecule has 0 aromatic heterocycles. The summed E-state index contributed by atoms with van der Waals surface area (Å²) >= 11 is 3.07. The molecule has 0 fully saturated rings. The van der Waals surface area contributed by atoms with Gasteiger partial charge in [-0.3, -0.25) is 0 Å². The van der Waals surface area contributed by atoms with E-state index in [1.807, 2.05) is 0 Å². The van der Waals surface area contributed by atoms with Crippen LogP contribution in [0.5, 0.6) is 5.75 Å². The minimum absolute atomic E-state index is 0.117. The van der Waals surface area contributed by atoms with Crippen molar-refractivity contribution in [1.29, 1.82) is 0 Å². The third kappa shape index (κ3) is 3.76. The molecule has 0 radical (unpaired) electrons. The molecule has 0 N–H and O–H groups in total. The van der Waals surface area contributed by atoms with Crippen LogP contribution in [0.1, 0.15) is 16.7 Å². The number of rotatable bonds is 4. The van der Waals surface area contributed by atoms with Crippen LogP contribution in [-0.4, -0.2) is 0 Å². The molecule has 1 nitrogen and oxygen atoms in total. The first kappa shape index (κ1) is 16.7. The molecule has 0 aliphatic carbocycles. The molecule has 0 saturated carbocycles. The van der Waals surface area contributed by atoms with Gasteiger partial charge < -0.3 is 4.74 Å². The van der Waals surface area contributed by atoms with Crippen LogP contribution >= 0.6 is 15.9 Å². The smallest absolute Gasteiger partial charge is 0.416 e. The van der Waals surface area contributed by atoms with Crippen LogP contribution < -0.4 is 4.74 Å². The number of alkyl halides is 4. The van der Waals surface area contributed by atoms with Gasteiger partial charge in [-0.25, -0.2) is 8.78 Å². The lowest BCUT2D eigenvalue weighted by atomic mass is 10.1. The first-order chi connectivity index (χ1) is 10.3. The van der Waals surface area contributed by atoms with Crippen LogP contribution in [0, 0.1) is 11.6 Å². The highest BCUT2D eigenvalue weighted by atomic mass is 79.9. The minimum atomic E-state index is -4.47. The van der Waals surface area contributed by atoms with E-state index in [-0.39, 0.29) is 22.2 Å². The zero-order chi connectivity index (χ0) is 16.3. The molecule has 2 aromatic rings. The van der Waals surface area contributed by atoms with Gasteiger partial charge in [0.25, 0.3) is 0 Å². The van der Waals surface area contributed by atoms with Crippen molar-refractivity contribution in [3.8, 4) is 5.75 Å². The van der Waals surface area contributed by atoms with Crippen LogP contribution in [-0.2, 0) is 18.1 Å². The Morgan fingerprint density at radius 3 is 2.18 bits per heavy atom. The van der Waals surface area contributed by atoms with Crippen LogP contribution in [0.15, 0.2) is 36.4 Å². The first-order valence-corrected chi connectivity index (χ1v) is 7.27. The average molecular weight is 381 g/mol. The fourth-order valence-electron chi connectivity index (χ4n) is 1.82. The topological polar surface area (TPSA) is 9.23 Å². The van der Waals surface area contributed by atoms with Crippen molar-refractivity contribution in [3.63, 3.8) is 0 Å². The van der Waals surface area contributed by atoms with Crippen LogP contribution in [0.2, 0.25) is 0 Å². The Morgan fingerprint density at radius 1 is 1.00 bits per heavy atom. The summed E-state index contributed by atoms with van der Waals surface area (Å²) in [7, 11) is 0. The standard InChI is InChI=1S/C15H10BrF5O/c16-7-9-6-10(15(19,20)21)4-5-14(9)22-8-11-12(17)2-1-3-13(11)18/h1-6H,7-8H2. The predicted octanol–water partition coefficient (Wildman–Crippen LogP) is 5.46. The Bertz CT molecular complexity index is 649. The maximum Gasteiger partial charge on any atom is 0.416 e. The largest absolute Gasteiger partial charge is 0.488 e. The van der Waals surface area contributed by atoms with Crippen molar-refractivity contribution >= 4 is 15.9 Å². The predicted molar refractivity (Wildman–Crippen MR) is 74.8 cm³/mol. The molecule has 0 heterocycles. The summed E-state index contributed by atoms with van der Waals surface area (Å²) in [6.07, 6.45) is -4.47. The number of hydrogen-bond acceptors (Lipinski definition) is 1. The first-order valence-electron chi connectivity index (χ1n) is 6.14. The van der Waals surface area contributed by atoms with E-state index >= 15 is 0 Å². The molecule has 0 amide bonds. The second kappa shape index (κ2) is 6.64. The molecule has 2 rings (SSSR count). The molecule has 118 valence electrons. The summed E-state index contributed by atoms with van der Waals surface area (Å²) in [6.45, 7) is -0.413. The zero-order valence-corrected chi connectivity index (χ0v) is 12.6. The van der Waals surface area contributed by atoms with Gasteiger partial charge in [0.2, 0.25) is 0 Å². The van der Waals surface area contributed by atoms with E-state index in [4.69, 9.17) is 4.74 Å². The second-order valence-corrected chi connectivity index (χ2v) is 5.00. The summed E-state index contributed by atoms with van der Waals surface area (Å²) < 4.78 is 70.1. The number of halogens is 6. The normalized spacial score (nSPS) is 11.5. The Labute approximate surface area is 131 Å². The fourth-order valence-corrected chi connectivity index (χ4v) is 2.26. The Kier molecular flexibility index (Phi) is 5.05. The van der Waals surface area contributed by atoms with E-state index in [9.17, 15) is 22.0 Å². The van der Waals surface area contributed by atoms with Crippen molar-refractivity contribution in [3.05, 3.63) is 64.7 Å². The molecule has 22 heavy (non-hydrogen) atoms. The molecule has 0 unspecified atom stereocenters. The molecular formula is C15H10BrF5O. The quantitative estimate of drug-likeness (QED) is 0.505. The van der Waals surface area contributed by atoms with Gasteiger partial charge >= 0.3 is 6.18 Å². The van der Waals surface area contributed by atoms with Crippen LogP contribution in [0.25, 0.3) is 0 Å². The van der Waals surface area contributed by atoms with Crippen molar-refractivity contribution in [2.24, 2.45) is 0 Å². The average Bonchev–Trinajstić information content (AvgIpc) is 2.45. The maximum atomic E-state index is 13.5. The SMILES string of the molecule is Fc1cccc(F)c1COc1ccc(C(F)(F)F)cc1CBr. The third-order valence-electron chi connectivity index (χ3n) is 2.97. The molecule has 0 aliphatic rings. The molecule has 0 atom stereocenters. The van der Waals surface area contributed by atoms with E-state index in [0.717, 1.165) is 30.3 Å². The Balaban J connectivity index is 2.23. The Hall–Kier alpha value is -1.63. The van der Waals surface area contributed by atoms with E-state index < -0.39 is 30.0 Å². The van der Waals surface area contributed by atoms with Crippen LogP contribution in [0.4, 0.5) is 22.0 Å². The zero-order valence-electron chi connectivity index (χ0n) is 11.1. The molecular weight excluding hydrogens is 371 g/mol. The van der Waals surface area contributed by atoms with Gasteiger partial charge in [-0.05, 0) is 30.3 Å². The van der Waals surface area contributed by atoms with Gasteiger partial charge in [0.15, 0.2) is 0 Å². The lowest BCUT2D eigenvalue weighted by Gasteiger charge is -2.14. The lowest BCUT2D eigenvalue weighted by Crippen LogP contribution is -2.07. The monoisotopic (exact) mass is 380 g/mol. The van der Waals surface area contributed by atoms with Gasteiger partial charge in [0.1, 0.15) is 24.0 Å².